The van der Waals surface area contributed by atoms with E-state index in [1.165, 1.54) is 5.56 Å². The first-order valence-electron chi connectivity index (χ1n) is 7.93. The first-order chi connectivity index (χ1) is 10.8. The Labute approximate surface area is 132 Å². The van der Waals surface area contributed by atoms with Gasteiger partial charge in [-0.3, -0.25) is 9.69 Å². The highest BCUT2D eigenvalue weighted by Gasteiger charge is 2.21. The van der Waals surface area contributed by atoms with E-state index in [9.17, 15) is 4.79 Å². The van der Waals surface area contributed by atoms with Crippen molar-refractivity contribution in [1.82, 2.24) is 10.2 Å². The molecule has 1 fully saturated rings. The van der Waals surface area contributed by atoms with Crippen LogP contribution in [0.15, 0.2) is 60.7 Å². The molecule has 0 spiro atoms. The highest BCUT2D eigenvalue weighted by molar-refractivity contribution is 5.94. The van der Waals surface area contributed by atoms with Crippen LogP contribution in [0, 0.1) is 0 Å². The van der Waals surface area contributed by atoms with Gasteiger partial charge in [-0.05, 0) is 37.1 Å². The molecule has 2 aromatic carbocycles. The lowest BCUT2D eigenvalue weighted by molar-refractivity contribution is 0.0901. The molecule has 0 unspecified atom stereocenters. The Morgan fingerprint density at radius 3 is 2.45 bits per heavy atom. The summed E-state index contributed by atoms with van der Waals surface area (Å²) in [6, 6.07) is 20.2. The van der Waals surface area contributed by atoms with Gasteiger partial charge >= 0.3 is 0 Å². The molecule has 1 N–H and O–H groups in total. The van der Waals surface area contributed by atoms with Crippen molar-refractivity contribution in [2.45, 2.75) is 25.4 Å². The summed E-state index contributed by atoms with van der Waals surface area (Å²) in [6.07, 6.45) is 2.19. The van der Waals surface area contributed by atoms with E-state index in [-0.39, 0.29) is 11.9 Å². The van der Waals surface area contributed by atoms with Crippen LogP contribution in [0.25, 0.3) is 0 Å². The molecular weight excluding hydrogens is 272 g/mol. The van der Waals surface area contributed by atoms with Gasteiger partial charge in [-0.25, -0.2) is 0 Å². The Kier molecular flexibility index (Phi) is 4.86. The predicted molar refractivity (Wildman–Crippen MR) is 88.6 cm³/mol. The van der Waals surface area contributed by atoms with Crippen molar-refractivity contribution in [3.8, 4) is 0 Å². The molecule has 1 atom stereocenters. The van der Waals surface area contributed by atoms with Gasteiger partial charge in [0.2, 0.25) is 0 Å². The summed E-state index contributed by atoms with van der Waals surface area (Å²) in [5.41, 5.74) is 2.07. The minimum absolute atomic E-state index is 0.0344. The molecule has 2 aromatic rings. The lowest BCUT2D eigenvalue weighted by Gasteiger charge is -2.33. The SMILES string of the molecule is O=C(N[C@H]1CCCN(Cc2ccccc2)C1)c1ccccc1. The van der Waals surface area contributed by atoms with E-state index < -0.39 is 0 Å². The molecule has 0 bridgehead atoms. The van der Waals surface area contributed by atoms with E-state index in [2.05, 4.69) is 34.5 Å². The summed E-state index contributed by atoms with van der Waals surface area (Å²) in [5.74, 6) is 0.0344. The number of hydrogen-bond acceptors (Lipinski definition) is 2. The summed E-state index contributed by atoms with van der Waals surface area (Å²) in [7, 11) is 0. The molecule has 1 heterocycles. The number of likely N-dealkylation sites (tertiary alicyclic amines) is 1. The molecule has 3 rings (SSSR count). The van der Waals surface area contributed by atoms with E-state index in [0.717, 1.165) is 38.0 Å². The van der Waals surface area contributed by atoms with E-state index in [1.54, 1.807) is 0 Å². The molecule has 0 radical (unpaired) electrons. The first kappa shape index (κ1) is 14.8. The van der Waals surface area contributed by atoms with E-state index >= 15 is 0 Å². The largest absolute Gasteiger partial charge is 0.348 e. The van der Waals surface area contributed by atoms with Crippen LogP contribution in [0.4, 0.5) is 0 Å². The van der Waals surface area contributed by atoms with Crippen LogP contribution in [-0.2, 0) is 6.54 Å². The Morgan fingerprint density at radius 1 is 1.05 bits per heavy atom. The van der Waals surface area contributed by atoms with Gasteiger partial charge in [0.15, 0.2) is 0 Å². The zero-order valence-electron chi connectivity index (χ0n) is 12.7. The zero-order valence-corrected chi connectivity index (χ0v) is 12.7. The standard InChI is InChI=1S/C19H22N2O/c22-19(17-10-5-2-6-11-17)20-18-12-7-13-21(15-18)14-16-8-3-1-4-9-16/h1-6,8-11,18H,7,12-15H2,(H,20,22)/t18-/m0/s1. The number of amides is 1. The van der Waals surface area contributed by atoms with Gasteiger partial charge in [-0.2, -0.15) is 0 Å². The maximum Gasteiger partial charge on any atom is 0.251 e. The molecule has 3 nitrogen and oxygen atoms in total. The van der Waals surface area contributed by atoms with Gasteiger partial charge in [0, 0.05) is 24.7 Å². The minimum Gasteiger partial charge on any atom is -0.348 e. The summed E-state index contributed by atoms with van der Waals surface area (Å²) in [6.45, 7) is 2.98. The van der Waals surface area contributed by atoms with Gasteiger partial charge in [0.05, 0.1) is 0 Å². The molecule has 0 aromatic heterocycles. The van der Waals surface area contributed by atoms with Crippen molar-refractivity contribution >= 4 is 5.91 Å². The molecule has 0 aliphatic carbocycles. The Morgan fingerprint density at radius 2 is 1.73 bits per heavy atom. The number of carbonyl (C=O) groups excluding carboxylic acids is 1. The van der Waals surface area contributed by atoms with Crippen LogP contribution in [0.5, 0.6) is 0 Å². The van der Waals surface area contributed by atoms with Gasteiger partial charge in [-0.1, -0.05) is 48.5 Å². The van der Waals surface area contributed by atoms with Crippen molar-refractivity contribution in [1.29, 1.82) is 0 Å². The quantitative estimate of drug-likeness (QED) is 0.940. The maximum absolute atomic E-state index is 12.2. The van der Waals surface area contributed by atoms with Crippen molar-refractivity contribution in [2.24, 2.45) is 0 Å². The second-order valence-electron chi connectivity index (χ2n) is 5.90. The van der Waals surface area contributed by atoms with Gasteiger partial charge in [0.1, 0.15) is 0 Å². The average molecular weight is 294 g/mol. The molecular formula is C19H22N2O. The molecule has 1 aliphatic rings. The first-order valence-corrected chi connectivity index (χ1v) is 7.93. The summed E-state index contributed by atoms with van der Waals surface area (Å²) in [5, 5.41) is 3.17. The van der Waals surface area contributed by atoms with Crippen LogP contribution in [0.2, 0.25) is 0 Å². The average Bonchev–Trinajstić information content (AvgIpc) is 2.57. The molecule has 1 saturated heterocycles. The zero-order chi connectivity index (χ0) is 15.2. The Hall–Kier alpha value is -2.13. The molecule has 0 saturated carbocycles. The van der Waals surface area contributed by atoms with E-state index in [4.69, 9.17) is 0 Å². The number of piperidine rings is 1. The smallest absolute Gasteiger partial charge is 0.251 e. The normalized spacial score (nSPS) is 18.8. The van der Waals surface area contributed by atoms with Crippen molar-refractivity contribution in [3.63, 3.8) is 0 Å². The Balaban J connectivity index is 1.55. The topological polar surface area (TPSA) is 32.3 Å². The molecule has 3 heteroatoms. The van der Waals surface area contributed by atoms with E-state index in [0.29, 0.717) is 0 Å². The van der Waals surface area contributed by atoms with Crippen molar-refractivity contribution in [3.05, 3.63) is 71.8 Å². The third kappa shape index (κ3) is 3.95. The number of benzene rings is 2. The van der Waals surface area contributed by atoms with Crippen LogP contribution in [0.3, 0.4) is 0 Å². The number of nitrogens with zero attached hydrogens (tertiary/aromatic N) is 1. The van der Waals surface area contributed by atoms with Crippen LogP contribution in [0.1, 0.15) is 28.8 Å². The number of carbonyl (C=O) groups is 1. The fraction of sp³-hybridized carbons (Fsp3) is 0.316. The summed E-state index contributed by atoms with van der Waals surface area (Å²) >= 11 is 0. The van der Waals surface area contributed by atoms with E-state index in [1.807, 2.05) is 36.4 Å². The van der Waals surface area contributed by atoms with Gasteiger partial charge < -0.3 is 5.32 Å². The lowest BCUT2D eigenvalue weighted by Crippen LogP contribution is -2.47. The molecule has 1 amide bonds. The molecule has 22 heavy (non-hydrogen) atoms. The van der Waals surface area contributed by atoms with Gasteiger partial charge in [-0.15, -0.1) is 0 Å². The third-order valence-electron chi connectivity index (χ3n) is 4.13. The fourth-order valence-electron chi connectivity index (χ4n) is 3.02. The maximum atomic E-state index is 12.2. The summed E-state index contributed by atoms with van der Waals surface area (Å²) < 4.78 is 0. The second kappa shape index (κ2) is 7.23. The fourth-order valence-corrected chi connectivity index (χ4v) is 3.02. The minimum atomic E-state index is 0.0344. The van der Waals surface area contributed by atoms with Crippen LogP contribution in [-0.4, -0.2) is 29.9 Å². The van der Waals surface area contributed by atoms with Crippen molar-refractivity contribution in [2.75, 3.05) is 13.1 Å². The van der Waals surface area contributed by atoms with Crippen LogP contribution < -0.4 is 5.32 Å². The monoisotopic (exact) mass is 294 g/mol. The molecule has 1 aliphatic heterocycles. The predicted octanol–water partition coefficient (Wildman–Crippen LogP) is 3.08. The lowest BCUT2D eigenvalue weighted by atomic mass is 10.0. The number of nitrogens with one attached hydrogen (secondary N) is 1. The Bertz CT molecular complexity index is 597. The second-order valence-corrected chi connectivity index (χ2v) is 5.90. The number of hydrogen-bond donors (Lipinski definition) is 1. The van der Waals surface area contributed by atoms with Crippen LogP contribution >= 0.6 is 0 Å². The number of rotatable bonds is 4. The highest BCUT2D eigenvalue weighted by Crippen LogP contribution is 2.14. The van der Waals surface area contributed by atoms with Crippen molar-refractivity contribution < 1.29 is 4.79 Å². The van der Waals surface area contributed by atoms with Gasteiger partial charge in [0.25, 0.3) is 5.91 Å². The molecule has 114 valence electrons. The highest BCUT2D eigenvalue weighted by atomic mass is 16.1. The third-order valence-corrected chi connectivity index (χ3v) is 4.13. The summed E-state index contributed by atoms with van der Waals surface area (Å²) in [4.78, 5) is 14.7.